The van der Waals surface area contributed by atoms with Gasteiger partial charge in [0.1, 0.15) is 5.54 Å². The molecule has 1 fully saturated rings. The molecular weight excluding hydrogens is 194 g/mol. The van der Waals surface area contributed by atoms with Crippen molar-refractivity contribution in [3.63, 3.8) is 0 Å². The summed E-state index contributed by atoms with van der Waals surface area (Å²) in [6, 6.07) is 0.221. The minimum Gasteiger partial charge on any atom is -0.480 e. The van der Waals surface area contributed by atoms with Gasteiger partial charge in [0.05, 0.1) is 6.61 Å². The molecule has 0 bridgehead atoms. The fourth-order valence-electron chi connectivity index (χ4n) is 2.42. The molecule has 1 rings (SSSR count). The quantitative estimate of drug-likeness (QED) is 0.752. The molecule has 1 heterocycles. The molecule has 1 saturated heterocycles. The Morgan fingerprint density at radius 2 is 2.33 bits per heavy atom. The molecule has 1 aliphatic heterocycles. The highest BCUT2D eigenvalue weighted by Gasteiger charge is 2.45. The highest BCUT2D eigenvalue weighted by atomic mass is 16.5. The van der Waals surface area contributed by atoms with E-state index in [1.165, 1.54) is 0 Å². The van der Waals surface area contributed by atoms with Crippen molar-refractivity contribution in [3.05, 3.63) is 0 Å². The van der Waals surface area contributed by atoms with Gasteiger partial charge in [-0.15, -0.1) is 0 Å². The van der Waals surface area contributed by atoms with E-state index in [0.29, 0.717) is 6.61 Å². The third kappa shape index (κ3) is 2.32. The average molecular weight is 215 g/mol. The van der Waals surface area contributed by atoms with Crippen molar-refractivity contribution in [2.75, 3.05) is 20.3 Å². The van der Waals surface area contributed by atoms with Crippen LogP contribution in [0.2, 0.25) is 0 Å². The first-order valence-corrected chi connectivity index (χ1v) is 5.55. The minimum atomic E-state index is -0.713. The topological polar surface area (TPSA) is 49.8 Å². The maximum absolute atomic E-state index is 11.3. The summed E-state index contributed by atoms with van der Waals surface area (Å²) in [5.41, 5.74) is -0.695. The lowest BCUT2D eigenvalue weighted by Gasteiger charge is -2.37. The molecule has 88 valence electrons. The van der Waals surface area contributed by atoms with E-state index in [-0.39, 0.29) is 6.04 Å². The van der Waals surface area contributed by atoms with Crippen LogP contribution in [0.4, 0.5) is 0 Å². The Morgan fingerprint density at radius 1 is 1.67 bits per heavy atom. The summed E-state index contributed by atoms with van der Waals surface area (Å²) in [6.45, 7) is 5.37. The third-order valence-electron chi connectivity index (χ3n) is 3.43. The minimum absolute atomic E-state index is 0.221. The van der Waals surface area contributed by atoms with Crippen LogP contribution in [0.1, 0.15) is 33.1 Å². The summed E-state index contributed by atoms with van der Waals surface area (Å²) in [6.07, 6.45) is 2.63. The molecule has 2 unspecified atom stereocenters. The number of ether oxygens (including phenoxy) is 1. The molecule has 2 atom stereocenters. The standard InChI is InChI=1S/C11H21NO3/c1-4-9(8-15-3)12-7-5-6-11(12,2)10(13)14/h9H,4-8H2,1-3H3,(H,13,14). The van der Waals surface area contributed by atoms with Crippen LogP contribution in [0.3, 0.4) is 0 Å². The molecule has 1 aliphatic rings. The molecule has 0 spiro atoms. The first kappa shape index (κ1) is 12.5. The van der Waals surface area contributed by atoms with E-state index in [4.69, 9.17) is 4.74 Å². The van der Waals surface area contributed by atoms with Crippen LogP contribution < -0.4 is 0 Å². The summed E-state index contributed by atoms with van der Waals surface area (Å²) in [4.78, 5) is 13.4. The number of carbonyl (C=O) groups is 1. The Kier molecular flexibility index (Phi) is 4.11. The zero-order valence-electron chi connectivity index (χ0n) is 9.82. The molecule has 0 radical (unpaired) electrons. The van der Waals surface area contributed by atoms with Crippen LogP contribution in [-0.2, 0) is 9.53 Å². The molecule has 0 aromatic rings. The Bertz CT molecular complexity index is 232. The highest BCUT2D eigenvalue weighted by molar-refractivity contribution is 5.78. The van der Waals surface area contributed by atoms with Gasteiger partial charge in [0.25, 0.3) is 0 Å². The molecule has 0 amide bonds. The van der Waals surface area contributed by atoms with Gasteiger partial charge < -0.3 is 9.84 Å². The van der Waals surface area contributed by atoms with E-state index in [1.54, 1.807) is 7.11 Å². The van der Waals surface area contributed by atoms with Gasteiger partial charge in [0.2, 0.25) is 0 Å². The van der Waals surface area contributed by atoms with Gasteiger partial charge in [-0.1, -0.05) is 6.92 Å². The van der Waals surface area contributed by atoms with Crippen molar-refractivity contribution in [2.45, 2.75) is 44.7 Å². The van der Waals surface area contributed by atoms with Crippen LogP contribution in [-0.4, -0.2) is 47.8 Å². The number of rotatable bonds is 5. The summed E-state index contributed by atoms with van der Waals surface area (Å²) in [5, 5.41) is 9.27. The van der Waals surface area contributed by atoms with Crippen molar-refractivity contribution >= 4 is 5.97 Å². The fraction of sp³-hybridized carbons (Fsp3) is 0.909. The summed E-state index contributed by atoms with van der Waals surface area (Å²) < 4.78 is 5.15. The average Bonchev–Trinajstić information content (AvgIpc) is 2.58. The molecule has 0 aliphatic carbocycles. The number of likely N-dealkylation sites (tertiary alicyclic amines) is 1. The largest absolute Gasteiger partial charge is 0.480 e. The molecule has 4 nitrogen and oxygen atoms in total. The number of hydrogen-bond acceptors (Lipinski definition) is 3. The van der Waals surface area contributed by atoms with Gasteiger partial charge >= 0.3 is 5.97 Å². The van der Waals surface area contributed by atoms with Crippen molar-refractivity contribution in [3.8, 4) is 0 Å². The molecule has 4 heteroatoms. The number of carboxylic acids is 1. The molecular formula is C11H21NO3. The summed E-state index contributed by atoms with van der Waals surface area (Å²) in [7, 11) is 1.66. The Hall–Kier alpha value is -0.610. The van der Waals surface area contributed by atoms with Crippen molar-refractivity contribution in [1.82, 2.24) is 4.90 Å². The van der Waals surface area contributed by atoms with Gasteiger partial charge in [0.15, 0.2) is 0 Å². The zero-order valence-corrected chi connectivity index (χ0v) is 9.82. The van der Waals surface area contributed by atoms with Crippen molar-refractivity contribution in [1.29, 1.82) is 0 Å². The monoisotopic (exact) mass is 215 g/mol. The second kappa shape index (κ2) is 4.94. The fourth-order valence-corrected chi connectivity index (χ4v) is 2.42. The van der Waals surface area contributed by atoms with E-state index < -0.39 is 11.5 Å². The molecule has 0 aromatic heterocycles. The van der Waals surface area contributed by atoms with Gasteiger partial charge in [-0.2, -0.15) is 0 Å². The number of nitrogens with zero attached hydrogens (tertiary/aromatic N) is 1. The lowest BCUT2D eigenvalue weighted by molar-refractivity contribution is -0.150. The van der Waals surface area contributed by atoms with Crippen molar-refractivity contribution in [2.24, 2.45) is 0 Å². The van der Waals surface area contributed by atoms with E-state index in [1.807, 2.05) is 6.92 Å². The van der Waals surface area contributed by atoms with Gasteiger partial charge in [-0.3, -0.25) is 9.69 Å². The molecule has 0 aromatic carbocycles. The second-order valence-electron chi connectivity index (χ2n) is 4.39. The maximum atomic E-state index is 11.3. The van der Waals surface area contributed by atoms with Crippen LogP contribution in [0.25, 0.3) is 0 Å². The van der Waals surface area contributed by atoms with Gasteiger partial charge in [-0.25, -0.2) is 0 Å². The van der Waals surface area contributed by atoms with Gasteiger partial charge in [-0.05, 0) is 32.7 Å². The van der Waals surface area contributed by atoms with Crippen LogP contribution in [0.15, 0.2) is 0 Å². The van der Waals surface area contributed by atoms with E-state index in [2.05, 4.69) is 11.8 Å². The Labute approximate surface area is 91.2 Å². The van der Waals surface area contributed by atoms with Crippen LogP contribution in [0, 0.1) is 0 Å². The van der Waals surface area contributed by atoms with E-state index in [0.717, 1.165) is 25.8 Å². The number of hydrogen-bond donors (Lipinski definition) is 1. The maximum Gasteiger partial charge on any atom is 0.323 e. The SMILES string of the molecule is CCC(COC)N1CCCC1(C)C(=O)O. The van der Waals surface area contributed by atoms with Crippen LogP contribution >= 0.6 is 0 Å². The third-order valence-corrected chi connectivity index (χ3v) is 3.43. The lowest BCUT2D eigenvalue weighted by Crippen LogP contribution is -2.53. The van der Waals surface area contributed by atoms with Crippen LogP contribution in [0.5, 0.6) is 0 Å². The number of carboxylic acid groups (broad SMARTS) is 1. The Morgan fingerprint density at radius 3 is 2.80 bits per heavy atom. The van der Waals surface area contributed by atoms with E-state index >= 15 is 0 Å². The number of methoxy groups -OCH3 is 1. The normalized spacial score (nSPS) is 29.3. The first-order chi connectivity index (χ1) is 7.06. The number of aliphatic carboxylic acids is 1. The zero-order chi connectivity index (χ0) is 11.5. The molecule has 0 saturated carbocycles. The smallest absolute Gasteiger partial charge is 0.323 e. The summed E-state index contributed by atoms with van der Waals surface area (Å²) in [5.74, 6) is -0.713. The highest BCUT2D eigenvalue weighted by Crippen LogP contribution is 2.32. The van der Waals surface area contributed by atoms with Crippen molar-refractivity contribution < 1.29 is 14.6 Å². The second-order valence-corrected chi connectivity index (χ2v) is 4.39. The van der Waals surface area contributed by atoms with Gasteiger partial charge in [0, 0.05) is 13.2 Å². The lowest BCUT2D eigenvalue weighted by atomic mass is 9.97. The summed E-state index contributed by atoms with van der Waals surface area (Å²) >= 11 is 0. The van der Waals surface area contributed by atoms with E-state index in [9.17, 15) is 9.90 Å². The molecule has 15 heavy (non-hydrogen) atoms. The Balaban J connectivity index is 2.78. The first-order valence-electron chi connectivity index (χ1n) is 5.55. The predicted octanol–water partition coefficient (Wildman–Crippen LogP) is 1.35. The predicted molar refractivity (Wildman–Crippen MR) is 57.9 cm³/mol. The molecule has 1 N–H and O–H groups in total.